The molecule has 0 saturated carbocycles. The van der Waals surface area contributed by atoms with Gasteiger partial charge in [-0.3, -0.25) is 0 Å². The predicted octanol–water partition coefficient (Wildman–Crippen LogP) is 2.54. The minimum absolute atomic E-state index is 0.00951. The van der Waals surface area contributed by atoms with Crippen LogP contribution in [-0.2, 0) is 23.0 Å². The van der Waals surface area contributed by atoms with Crippen LogP contribution in [0, 0.1) is 0 Å². The van der Waals surface area contributed by atoms with Gasteiger partial charge in [0, 0.05) is 31.1 Å². The Morgan fingerprint density at radius 1 is 1.21 bits per heavy atom. The Morgan fingerprint density at radius 3 is 2.66 bits per heavy atom. The second-order valence-corrected chi connectivity index (χ2v) is 9.20. The van der Waals surface area contributed by atoms with Gasteiger partial charge < -0.3 is 15.4 Å². The summed E-state index contributed by atoms with van der Waals surface area (Å²) in [6.07, 6.45) is 3.48. The fourth-order valence-corrected chi connectivity index (χ4v) is 3.33. The number of aromatic nitrogens is 1. The van der Waals surface area contributed by atoms with Crippen LogP contribution in [0.4, 0.5) is 0 Å². The smallest absolute Gasteiger partial charge is 0.213 e. The molecule has 0 aliphatic rings. The molecule has 0 amide bonds. The third-order valence-electron chi connectivity index (χ3n) is 4.10. The van der Waals surface area contributed by atoms with Gasteiger partial charge in [0.15, 0.2) is 5.96 Å². The maximum Gasteiger partial charge on any atom is 0.213 e. The van der Waals surface area contributed by atoms with E-state index in [9.17, 15) is 8.42 Å². The van der Waals surface area contributed by atoms with Crippen LogP contribution in [0.25, 0.3) is 0 Å². The summed E-state index contributed by atoms with van der Waals surface area (Å²) in [6, 6.07) is 13.7. The quantitative estimate of drug-likeness (QED) is 0.455. The van der Waals surface area contributed by atoms with Crippen molar-refractivity contribution in [1.29, 1.82) is 0 Å². The van der Waals surface area contributed by atoms with Crippen LogP contribution in [0.2, 0.25) is 0 Å². The summed E-state index contributed by atoms with van der Waals surface area (Å²) in [6.45, 7) is 5.56. The number of benzene rings is 1. The predicted molar refractivity (Wildman–Crippen MR) is 117 cm³/mol. The van der Waals surface area contributed by atoms with Crippen molar-refractivity contribution >= 4 is 15.8 Å². The Morgan fingerprint density at radius 2 is 1.97 bits per heavy atom. The number of hydrogen-bond acceptors (Lipinski definition) is 5. The van der Waals surface area contributed by atoms with Crippen molar-refractivity contribution < 1.29 is 13.2 Å². The third-order valence-corrected chi connectivity index (χ3v) is 5.07. The van der Waals surface area contributed by atoms with Gasteiger partial charge in [0.2, 0.25) is 5.88 Å². The second kappa shape index (κ2) is 11.4. The van der Waals surface area contributed by atoms with E-state index in [1.807, 2.05) is 56.3 Å². The van der Waals surface area contributed by atoms with Gasteiger partial charge in [0.1, 0.15) is 16.4 Å². The summed E-state index contributed by atoms with van der Waals surface area (Å²) in [5.41, 5.74) is 2.06. The highest BCUT2D eigenvalue weighted by molar-refractivity contribution is 7.90. The minimum Gasteiger partial charge on any atom is -0.473 e. The molecule has 1 unspecified atom stereocenters. The molecule has 0 saturated heterocycles. The molecular formula is C21H30N4O3S. The van der Waals surface area contributed by atoms with Crippen LogP contribution in [0.3, 0.4) is 0 Å². The van der Waals surface area contributed by atoms with Crippen LogP contribution in [-0.4, -0.2) is 44.0 Å². The first-order chi connectivity index (χ1) is 13.9. The molecule has 158 valence electrons. The molecule has 2 rings (SSSR count). The zero-order valence-electron chi connectivity index (χ0n) is 17.3. The molecule has 1 heterocycles. The molecule has 7 nitrogen and oxygen atoms in total. The number of sulfone groups is 1. The van der Waals surface area contributed by atoms with E-state index < -0.39 is 9.84 Å². The standard InChI is InChI=1S/C21H30N4O3S/c1-4-22-21(25-17(2)11-13-29(3,26)27)24-15-19-10-12-23-20(14-19)28-16-18-8-6-5-7-9-18/h5-10,12,14,17H,4,11,13,15-16H2,1-3H3,(H2,22,24,25). The maximum absolute atomic E-state index is 11.3. The summed E-state index contributed by atoms with van der Waals surface area (Å²) in [7, 11) is -2.97. The summed E-state index contributed by atoms with van der Waals surface area (Å²) < 4.78 is 28.5. The van der Waals surface area contributed by atoms with Crippen LogP contribution >= 0.6 is 0 Å². The Labute approximate surface area is 173 Å². The summed E-state index contributed by atoms with van der Waals surface area (Å²) in [5, 5.41) is 6.43. The van der Waals surface area contributed by atoms with E-state index in [-0.39, 0.29) is 11.8 Å². The molecule has 29 heavy (non-hydrogen) atoms. The Balaban J connectivity index is 1.94. The van der Waals surface area contributed by atoms with Crippen LogP contribution < -0.4 is 15.4 Å². The molecule has 1 aromatic heterocycles. The lowest BCUT2D eigenvalue weighted by Gasteiger charge is -2.17. The summed E-state index contributed by atoms with van der Waals surface area (Å²) in [4.78, 5) is 8.84. The van der Waals surface area contributed by atoms with Gasteiger partial charge in [-0.05, 0) is 37.5 Å². The minimum atomic E-state index is -2.97. The molecule has 8 heteroatoms. The zero-order chi connectivity index (χ0) is 21.1. The Hall–Kier alpha value is -2.61. The molecule has 0 fully saturated rings. The maximum atomic E-state index is 11.3. The average Bonchev–Trinajstić information content (AvgIpc) is 2.70. The van der Waals surface area contributed by atoms with Crippen molar-refractivity contribution in [1.82, 2.24) is 15.6 Å². The molecule has 1 atom stereocenters. The first-order valence-electron chi connectivity index (χ1n) is 9.70. The highest BCUT2D eigenvalue weighted by Gasteiger charge is 2.09. The molecule has 0 spiro atoms. The van der Waals surface area contributed by atoms with E-state index in [4.69, 9.17) is 4.74 Å². The van der Waals surface area contributed by atoms with E-state index in [1.165, 1.54) is 6.26 Å². The van der Waals surface area contributed by atoms with E-state index in [0.29, 0.717) is 38.0 Å². The van der Waals surface area contributed by atoms with Gasteiger partial charge in [0.05, 0.1) is 12.3 Å². The number of rotatable bonds is 10. The SMILES string of the molecule is CCNC(=NCc1ccnc(OCc2ccccc2)c1)NC(C)CCS(C)(=O)=O. The monoisotopic (exact) mass is 418 g/mol. The first kappa shape index (κ1) is 22.7. The third kappa shape index (κ3) is 9.43. The number of ether oxygens (including phenoxy) is 1. The Bertz CT molecular complexity index is 886. The summed E-state index contributed by atoms with van der Waals surface area (Å²) in [5.74, 6) is 1.35. The van der Waals surface area contributed by atoms with Gasteiger partial charge in [-0.1, -0.05) is 30.3 Å². The van der Waals surface area contributed by atoms with Crippen molar-refractivity contribution in [3.05, 3.63) is 59.8 Å². The number of pyridine rings is 1. The van der Waals surface area contributed by atoms with E-state index >= 15 is 0 Å². The lowest BCUT2D eigenvalue weighted by Crippen LogP contribution is -2.42. The van der Waals surface area contributed by atoms with Gasteiger partial charge in [-0.2, -0.15) is 0 Å². The van der Waals surface area contributed by atoms with Crippen molar-refractivity contribution in [2.45, 2.75) is 39.5 Å². The van der Waals surface area contributed by atoms with E-state index in [2.05, 4.69) is 20.6 Å². The van der Waals surface area contributed by atoms with Crippen LogP contribution in [0.1, 0.15) is 31.4 Å². The highest BCUT2D eigenvalue weighted by Crippen LogP contribution is 2.12. The molecule has 0 bridgehead atoms. The normalized spacial score (nSPS) is 13.0. The zero-order valence-corrected chi connectivity index (χ0v) is 18.1. The number of nitrogens with zero attached hydrogens (tertiary/aromatic N) is 2. The molecule has 1 aromatic carbocycles. The molecule has 0 aliphatic carbocycles. The second-order valence-electron chi connectivity index (χ2n) is 6.94. The number of nitrogens with one attached hydrogen (secondary N) is 2. The highest BCUT2D eigenvalue weighted by atomic mass is 32.2. The van der Waals surface area contributed by atoms with Gasteiger partial charge in [-0.25, -0.2) is 18.4 Å². The van der Waals surface area contributed by atoms with Crippen molar-refractivity contribution in [3.8, 4) is 5.88 Å². The molecule has 0 radical (unpaired) electrons. The lowest BCUT2D eigenvalue weighted by molar-refractivity contribution is 0.293. The number of hydrogen-bond donors (Lipinski definition) is 2. The fraction of sp³-hybridized carbons (Fsp3) is 0.429. The Kier molecular flexibility index (Phi) is 8.92. The van der Waals surface area contributed by atoms with Crippen LogP contribution in [0.5, 0.6) is 5.88 Å². The summed E-state index contributed by atoms with van der Waals surface area (Å²) >= 11 is 0. The topological polar surface area (TPSA) is 92.7 Å². The van der Waals surface area contributed by atoms with Crippen molar-refractivity contribution in [3.63, 3.8) is 0 Å². The van der Waals surface area contributed by atoms with Crippen molar-refractivity contribution in [2.75, 3.05) is 18.6 Å². The first-order valence-corrected chi connectivity index (χ1v) is 11.8. The van der Waals surface area contributed by atoms with E-state index in [1.54, 1.807) is 6.20 Å². The van der Waals surface area contributed by atoms with Crippen LogP contribution in [0.15, 0.2) is 53.7 Å². The lowest BCUT2D eigenvalue weighted by atomic mass is 10.2. The van der Waals surface area contributed by atoms with Gasteiger partial charge in [-0.15, -0.1) is 0 Å². The van der Waals surface area contributed by atoms with Gasteiger partial charge >= 0.3 is 0 Å². The largest absolute Gasteiger partial charge is 0.473 e. The molecule has 0 aliphatic heterocycles. The number of aliphatic imine (C=N–C) groups is 1. The fourth-order valence-electron chi connectivity index (χ4n) is 2.55. The molecule has 2 N–H and O–H groups in total. The van der Waals surface area contributed by atoms with Gasteiger partial charge in [0.25, 0.3) is 0 Å². The van der Waals surface area contributed by atoms with E-state index in [0.717, 1.165) is 11.1 Å². The van der Waals surface area contributed by atoms with Crippen molar-refractivity contribution in [2.24, 2.45) is 4.99 Å². The number of guanidine groups is 1. The average molecular weight is 419 g/mol. The molecule has 2 aromatic rings. The molecular weight excluding hydrogens is 388 g/mol.